The van der Waals surface area contributed by atoms with Crippen LogP contribution in [0, 0.1) is 0 Å². The van der Waals surface area contributed by atoms with Gasteiger partial charge < -0.3 is 5.32 Å². The first-order valence-electron chi connectivity index (χ1n) is 9.22. The molecule has 3 nitrogen and oxygen atoms in total. The fourth-order valence-electron chi connectivity index (χ4n) is 2.85. The molecule has 28 heavy (non-hydrogen) atoms. The molecular formula is C23H20N2OS2. The molecule has 0 unspecified atom stereocenters. The zero-order valence-electron chi connectivity index (χ0n) is 15.3. The number of fused-ring (bicyclic) bond motifs is 1. The quantitative estimate of drug-likeness (QED) is 0.283. The zero-order chi connectivity index (χ0) is 19.2. The van der Waals surface area contributed by atoms with Crippen LogP contribution >= 0.6 is 23.1 Å². The van der Waals surface area contributed by atoms with Gasteiger partial charge in [0.2, 0.25) is 5.91 Å². The number of carbonyl (C=O) groups is 1. The average Bonchev–Trinajstić information content (AvgIpc) is 3.17. The van der Waals surface area contributed by atoms with Gasteiger partial charge in [-0.25, -0.2) is 4.98 Å². The number of nitrogens with one attached hydrogen (secondary N) is 1. The Labute approximate surface area is 172 Å². The van der Waals surface area contributed by atoms with E-state index in [0.29, 0.717) is 6.42 Å². The molecule has 0 aliphatic rings. The fourth-order valence-corrected chi connectivity index (χ4v) is 4.70. The number of carbonyl (C=O) groups excluding carboxylic acids is 1. The van der Waals surface area contributed by atoms with Gasteiger partial charge in [0.25, 0.3) is 0 Å². The summed E-state index contributed by atoms with van der Waals surface area (Å²) >= 11 is 3.47. The van der Waals surface area contributed by atoms with Gasteiger partial charge in [0.05, 0.1) is 10.2 Å². The maximum atomic E-state index is 12.2. The largest absolute Gasteiger partial charge is 0.326 e. The summed E-state index contributed by atoms with van der Waals surface area (Å²) in [6.07, 6.45) is 1.38. The van der Waals surface area contributed by atoms with Gasteiger partial charge >= 0.3 is 0 Å². The van der Waals surface area contributed by atoms with Crippen molar-refractivity contribution in [2.75, 3.05) is 11.1 Å². The molecule has 0 atom stereocenters. The number of benzene rings is 3. The van der Waals surface area contributed by atoms with Crippen LogP contribution < -0.4 is 5.32 Å². The Morgan fingerprint density at radius 3 is 2.46 bits per heavy atom. The first-order valence-corrected chi connectivity index (χ1v) is 11.0. The Hall–Kier alpha value is -2.63. The van der Waals surface area contributed by atoms with E-state index in [4.69, 9.17) is 0 Å². The number of amides is 1. The SMILES string of the molecule is O=C(CCCSc1ccccc1)Nc1ccc(-c2nc3ccccc3s2)cc1. The fraction of sp³-hybridized carbons (Fsp3) is 0.130. The topological polar surface area (TPSA) is 42.0 Å². The second kappa shape index (κ2) is 9.04. The monoisotopic (exact) mass is 404 g/mol. The Balaban J connectivity index is 1.28. The summed E-state index contributed by atoms with van der Waals surface area (Å²) in [6, 6.07) is 26.3. The smallest absolute Gasteiger partial charge is 0.224 e. The van der Waals surface area contributed by atoms with E-state index in [1.165, 1.54) is 9.60 Å². The van der Waals surface area contributed by atoms with E-state index < -0.39 is 0 Å². The van der Waals surface area contributed by atoms with E-state index in [2.05, 4.69) is 28.5 Å². The zero-order valence-corrected chi connectivity index (χ0v) is 16.9. The lowest BCUT2D eigenvalue weighted by Gasteiger charge is -2.06. The van der Waals surface area contributed by atoms with Crippen molar-refractivity contribution in [3.05, 3.63) is 78.9 Å². The van der Waals surface area contributed by atoms with E-state index in [-0.39, 0.29) is 5.91 Å². The maximum absolute atomic E-state index is 12.2. The number of aromatic nitrogens is 1. The standard InChI is InChI=1S/C23H20N2OS2/c26-22(11-6-16-27-19-7-2-1-3-8-19)24-18-14-12-17(13-15-18)23-25-20-9-4-5-10-21(20)28-23/h1-5,7-10,12-15H,6,11,16H2,(H,24,26). The maximum Gasteiger partial charge on any atom is 0.224 e. The van der Waals surface area contributed by atoms with Gasteiger partial charge in [-0.05, 0) is 60.7 Å². The Bertz CT molecular complexity index is 1030. The molecule has 0 aliphatic carbocycles. The van der Waals surface area contributed by atoms with Crippen molar-refractivity contribution in [2.24, 2.45) is 0 Å². The normalized spacial score (nSPS) is 10.9. The molecule has 4 aromatic rings. The molecule has 3 aromatic carbocycles. The third-order valence-corrected chi connectivity index (χ3v) is 6.45. The highest BCUT2D eigenvalue weighted by molar-refractivity contribution is 7.99. The predicted octanol–water partition coefficient (Wildman–Crippen LogP) is 6.47. The summed E-state index contributed by atoms with van der Waals surface area (Å²) in [5.41, 5.74) is 2.91. The van der Waals surface area contributed by atoms with Gasteiger partial charge in [-0.15, -0.1) is 23.1 Å². The van der Waals surface area contributed by atoms with Crippen LogP contribution in [0.25, 0.3) is 20.8 Å². The number of hydrogen-bond acceptors (Lipinski definition) is 4. The van der Waals surface area contributed by atoms with Crippen molar-refractivity contribution in [1.29, 1.82) is 0 Å². The summed E-state index contributed by atoms with van der Waals surface area (Å²) in [6.45, 7) is 0. The summed E-state index contributed by atoms with van der Waals surface area (Å²) < 4.78 is 1.18. The minimum absolute atomic E-state index is 0.0569. The van der Waals surface area contributed by atoms with Gasteiger partial charge in [0, 0.05) is 22.6 Å². The molecule has 0 saturated heterocycles. The molecule has 1 N–H and O–H groups in total. The van der Waals surface area contributed by atoms with Crippen molar-refractivity contribution in [3.8, 4) is 10.6 Å². The number of thioether (sulfide) groups is 1. The third-order valence-electron chi connectivity index (χ3n) is 4.27. The second-order valence-electron chi connectivity index (χ2n) is 6.38. The number of rotatable bonds is 7. The molecule has 140 valence electrons. The minimum atomic E-state index is 0.0569. The van der Waals surface area contributed by atoms with Crippen LogP contribution in [0.4, 0.5) is 5.69 Å². The van der Waals surface area contributed by atoms with E-state index in [0.717, 1.165) is 33.9 Å². The molecule has 0 spiro atoms. The van der Waals surface area contributed by atoms with Gasteiger partial charge in [0.15, 0.2) is 0 Å². The van der Waals surface area contributed by atoms with Crippen LogP contribution in [0.1, 0.15) is 12.8 Å². The molecule has 0 saturated carbocycles. The molecule has 1 heterocycles. The van der Waals surface area contributed by atoms with Crippen molar-refractivity contribution in [1.82, 2.24) is 4.98 Å². The van der Waals surface area contributed by atoms with E-state index in [1.807, 2.05) is 60.7 Å². The molecule has 1 aromatic heterocycles. The van der Waals surface area contributed by atoms with Crippen LogP contribution in [0.3, 0.4) is 0 Å². The Morgan fingerprint density at radius 2 is 1.68 bits per heavy atom. The molecule has 0 bridgehead atoms. The van der Waals surface area contributed by atoms with Gasteiger partial charge in [-0.1, -0.05) is 30.3 Å². The molecule has 1 amide bonds. The van der Waals surface area contributed by atoms with Crippen LogP contribution in [0.2, 0.25) is 0 Å². The third kappa shape index (κ3) is 4.80. The molecular weight excluding hydrogens is 384 g/mol. The average molecular weight is 405 g/mol. The molecule has 0 aliphatic heterocycles. The molecule has 5 heteroatoms. The van der Waals surface area contributed by atoms with Crippen molar-refractivity contribution < 1.29 is 4.79 Å². The predicted molar refractivity (Wildman–Crippen MR) is 120 cm³/mol. The van der Waals surface area contributed by atoms with E-state index in [1.54, 1.807) is 23.1 Å². The number of nitrogens with zero attached hydrogens (tertiary/aromatic N) is 1. The highest BCUT2D eigenvalue weighted by atomic mass is 32.2. The van der Waals surface area contributed by atoms with E-state index >= 15 is 0 Å². The van der Waals surface area contributed by atoms with Gasteiger partial charge in [0.1, 0.15) is 5.01 Å². The van der Waals surface area contributed by atoms with Crippen molar-refractivity contribution in [3.63, 3.8) is 0 Å². The summed E-state index contributed by atoms with van der Waals surface area (Å²) in [4.78, 5) is 18.1. The van der Waals surface area contributed by atoms with E-state index in [9.17, 15) is 4.79 Å². The molecule has 0 fully saturated rings. The van der Waals surface area contributed by atoms with Crippen LogP contribution in [0.15, 0.2) is 83.8 Å². The lowest BCUT2D eigenvalue weighted by molar-refractivity contribution is -0.116. The lowest BCUT2D eigenvalue weighted by atomic mass is 10.2. The Kier molecular flexibility index (Phi) is 6.04. The summed E-state index contributed by atoms with van der Waals surface area (Å²) in [5.74, 6) is 0.995. The van der Waals surface area contributed by atoms with Gasteiger partial charge in [-0.3, -0.25) is 4.79 Å². The number of hydrogen-bond donors (Lipinski definition) is 1. The summed E-state index contributed by atoms with van der Waals surface area (Å²) in [7, 11) is 0. The lowest BCUT2D eigenvalue weighted by Crippen LogP contribution is -2.11. The highest BCUT2D eigenvalue weighted by Gasteiger charge is 2.07. The van der Waals surface area contributed by atoms with Crippen LogP contribution in [0.5, 0.6) is 0 Å². The number of anilines is 1. The van der Waals surface area contributed by atoms with Crippen molar-refractivity contribution >= 4 is 44.9 Å². The minimum Gasteiger partial charge on any atom is -0.326 e. The first kappa shape index (κ1) is 18.7. The van der Waals surface area contributed by atoms with Crippen LogP contribution in [-0.2, 0) is 4.79 Å². The number of thiazole rings is 1. The Morgan fingerprint density at radius 1 is 0.929 bits per heavy atom. The molecule has 0 radical (unpaired) electrons. The second-order valence-corrected chi connectivity index (χ2v) is 8.58. The molecule has 4 rings (SSSR count). The summed E-state index contributed by atoms with van der Waals surface area (Å²) in [5, 5.41) is 3.98. The number of para-hydroxylation sites is 1. The first-order chi connectivity index (χ1) is 13.8. The van der Waals surface area contributed by atoms with Gasteiger partial charge in [-0.2, -0.15) is 0 Å². The highest BCUT2D eigenvalue weighted by Crippen LogP contribution is 2.30. The van der Waals surface area contributed by atoms with Crippen LogP contribution in [-0.4, -0.2) is 16.6 Å². The van der Waals surface area contributed by atoms with Crippen molar-refractivity contribution in [2.45, 2.75) is 17.7 Å².